The van der Waals surface area contributed by atoms with Gasteiger partial charge < -0.3 is 9.84 Å². The van der Waals surface area contributed by atoms with Gasteiger partial charge in [-0.25, -0.2) is 0 Å². The summed E-state index contributed by atoms with van der Waals surface area (Å²) in [5, 5.41) is 10.7. The number of hydrogen-bond acceptors (Lipinski definition) is 6. The molecule has 1 N–H and O–H groups in total. The van der Waals surface area contributed by atoms with E-state index in [1.807, 2.05) is 53.2 Å². The average molecular weight is 353 g/mol. The molecule has 0 atom stereocenters. The Kier molecular flexibility index (Phi) is 3.94. The van der Waals surface area contributed by atoms with Gasteiger partial charge in [0.25, 0.3) is 11.8 Å². The van der Waals surface area contributed by atoms with Crippen LogP contribution in [0.15, 0.2) is 63.8 Å². The number of para-hydroxylation sites is 1. The fourth-order valence-corrected chi connectivity index (χ4v) is 3.48. The van der Waals surface area contributed by atoms with Gasteiger partial charge >= 0.3 is 0 Å². The first-order valence-corrected chi connectivity index (χ1v) is 8.89. The zero-order valence-corrected chi connectivity index (χ0v) is 13.9. The summed E-state index contributed by atoms with van der Waals surface area (Å²) < 4.78 is 5.38. The van der Waals surface area contributed by atoms with Crippen LogP contribution in [0.2, 0.25) is 0 Å². The van der Waals surface area contributed by atoms with E-state index in [4.69, 9.17) is 4.52 Å². The Morgan fingerprint density at radius 2 is 1.83 bits per heavy atom. The molecular weight excluding hydrogens is 342 g/mol. The van der Waals surface area contributed by atoms with E-state index in [2.05, 4.69) is 15.5 Å². The first kappa shape index (κ1) is 14.8. The van der Waals surface area contributed by atoms with Gasteiger partial charge in [-0.3, -0.25) is 4.79 Å². The molecule has 24 heavy (non-hydrogen) atoms. The minimum absolute atomic E-state index is 0.157. The zero-order chi connectivity index (χ0) is 16.4. The topological polar surface area (TPSA) is 68.0 Å². The van der Waals surface area contributed by atoms with Crippen molar-refractivity contribution in [1.82, 2.24) is 10.1 Å². The molecule has 118 valence electrons. The summed E-state index contributed by atoms with van der Waals surface area (Å²) in [4.78, 5) is 18.3. The number of nitrogens with one attached hydrogen (secondary N) is 1. The fourth-order valence-electron chi connectivity index (χ4n) is 2.21. The van der Waals surface area contributed by atoms with E-state index in [0.29, 0.717) is 27.8 Å². The van der Waals surface area contributed by atoms with Gasteiger partial charge in [0.2, 0.25) is 5.82 Å². The maximum atomic E-state index is 12.3. The van der Waals surface area contributed by atoms with Crippen molar-refractivity contribution in [2.75, 3.05) is 5.32 Å². The monoisotopic (exact) mass is 353 g/mol. The van der Waals surface area contributed by atoms with Crippen molar-refractivity contribution in [3.8, 4) is 22.2 Å². The van der Waals surface area contributed by atoms with Crippen molar-refractivity contribution >= 4 is 34.3 Å². The van der Waals surface area contributed by atoms with Crippen LogP contribution in [-0.4, -0.2) is 16.0 Å². The van der Waals surface area contributed by atoms with Gasteiger partial charge in [0, 0.05) is 0 Å². The molecule has 0 bridgehead atoms. The van der Waals surface area contributed by atoms with Crippen LogP contribution >= 0.6 is 22.7 Å². The second kappa shape index (κ2) is 6.38. The molecule has 1 aromatic carbocycles. The normalized spacial score (nSPS) is 10.7. The molecule has 3 heterocycles. The lowest BCUT2D eigenvalue weighted by molar-refractivity contribution is 0.103. The molecule has 1 amide bonds. The number of aromatic nitrogens is 2. The van der Waals surface area contributed by atoms with Crippen LogP contribution in [-0.2, 0) is 0 Å². The molecule has 4 rings (SSSR count). The molecule has 5 nitrogen and oxygen atoms in total. The summed E-state index contributed by atoms with van der Waals surface area (Å²) in [6, 6.07) is 14.9. The van der Waals surface area contributed by atoms with Crippen molar-refractivity contribution in [3.63, 3.8) is 0 Å². The average Bonchev–Trinajstić information content (AvgIpc) is 3.35. The minimum atomic E-state index is -0.157. The van der Waals surface area contributed by atoms with Gasteiger partial charge in [0.1, 0.15) is 0 Å². The third-order valence-electron chi connectivity index (χ3n) is 3.32. The summed E-state index contributed by atoms with van der Waals surface area (Å²) >= 11 is 2.94. The van der Waals surface area contributed by atoms with Crippen molar-refractivity contribution < 1.29 is 9.32 Å². The van der Waals surface area contributed by atoms with Crippen LogP contribution in [0.4, 0.5) is 5.69 Å². The lowest BCUT2D eigenvalue weighted by Gasteiger charge is -2.07. The molecule has 4 aromatic rings. The number of carbonyl (C=O) groups is 1. The van der Waals surface area contributed by atoms with Gasteiger partial charge in [0.05, 0.1) is 21.0 Å². The van der Waals surface area contributed by atoms with Crippen LogP contribution in [0, 0.1) is 0 Å². The van der Waals surface area contributed by atoms with E-state index in [0.717, 1.165) is 4.88 Å². The number of thiophene rings is 2. The van der Waals surface area contributed by atoms with Crippen molar-refractivity contribution in [1.29, 1.82) is 0 Å². The predicted molar refractivity (Wildman–Crippen MR) is 95.3 cm³/mol. The van der Waals surface area contributed by atoms with Gasteiger partial charge in [-0.15, -0.1) is 22.7 Å². The zero-order valence-electron chi connectivity index (χ0n) is 12.3. The third-order valence-corrected chi connectivity index (χ3v) is 5.05. The number of nitrogens with zero attached hydrogens (tertiary/aromatic N) is 2. The number of amides is 1. The Bertz CT molecular complexity index is 960. The summed E-state index contributed by atoms with van der Waals surface area (Å²) in [6.45, 7) is 0. The first-order chi connectivity index (χ1) is 11.8. The lowest BCUT2D eigenvalue weighted by atomic mass is 10.1. The molecule has 0 aliphatic carbocycles. The number of benzene rings is 1. The maximum absolute atomic E-state index is 12.3. The van der Waals surface area contributed by atoms with E-state index in [1.54, 1.807) is 17.4 Å². The highest BCUT2D eigenvalue weighted by Gasteiger charge is 2.16. The van der Waals surface area contributed by atoms with Crippen LogP contribution < -0.4 is 5.32 Å². The van der Waals surface area contributed by atoms with Gasteiger partial charge in [-0.2, -0.15) is 4.98 Å². The number of anilines is 1. The predicted octanol–water partition coefficient (Wildman–Crippen LogP) is 4.78. The van der Waals surface area contributed by atoms with Crippen molar-refractivity contribution in [2.24, 2.45) is 0 Å². The summed E-state index contributed by atoms with van der Waals surface area (Å²) in [7, 11) is 0. The fraction of sp³-hybridized carbons (Fsp3) is 0. The van der Waals surface area contributed by atoms with E-state index < -0.39 is 0 Å². The second-order valence-corrected chi connectivity index (χ2v) is 6.77. The standard InChI is InChI=1S/C17H11N3O2S2/c21-16(14-8-4-10-24-14)18-12-6-2-1-5-11(12)17-19-15(20-22-17)13-7-3-9-23-13/h1-10H,(H,18,21). The lowest BCUT2D eigenvalue weighted by Crippen LogP contribution is -2.10. The van der Waals surface area contributed by atoms with Gasteiger partial charge in [-0.05, 0) is 35.0 Å². The van der Waals surface area contributed by atoms with E-state index in [-0.39, 0.29) is 5.91 Å². The van der Waals surface area contributed by atoms with E-state index >= 15 is 0 Å². The Morgan fingerprint density at radius 3 is 2.62 bits per heavy atom. The summed E-state index contributed by atoms with van der Waals surface area (Å²) in [5.41, 5.74) is 1.33. The highest BCUT2D eigenvalue weighted by molar-refractivity contribution is 7.13. The number of carbonyl (C=O) groups excluding carboxylic acids is 1. The van der Waals surface area contributed by atoms with Crippen molar-refractivity contribution in [2.45, 2.75) is 0 Å². The molecular formula is C17H11N3O2S2. The molecule has 3 aromatic heterocycles. The van der Waals surface area contributed by atoms with Gasteiger partial charge in [-0.1, -0.05) is 29.4 Å². The number of hydrogen-bond donors (Lipinski definition) is 1. The summed E-state index contributed by atoms with van der Waals surface area (Å²) in [5.74, 6) is 0.760. The molecule has 0 spiro atoms. The van der Waals surface area contributed by atoms with Gasteiger partial charge in [0.15, 0.2) is 0 Å². The largest absolute Gasteiger partial charge is 0.334 e. The minimum Gasteiger partial charge on any atom is -0.334 e. The van der Waals surface area contributed by atoms with Crippen LogP contribution in [0.3, 0.4) is 0 Å². The Hall–Kier alpha value is -2.77. The molecule has 0 radical (unpaired) electrons. The third kappa shape index (κ3) is 2.86. The second-order valence-electron chi connectivity index (χ2n) is 4.88. The van der Waals surface area contributed by atoms with Crippen LogP contribution in [0.25, 0.3) is 22.2 Å². The van der Waals surface area contributed by atoms with Crippen molar-refractivity contribution in [3.05, 3.63) is 64.2 Å². The highest BCUT2D eigenvalue weighted by atomic mass is 32.1. The summed E-state index contributed by atoms with van der Waals surface area (Å²) in [6.07, 6.45) is 0. The molecule has 7 heteroatoms. The highest BCUT2D eigenvalue weighted by Crippen LogP contribution is 2.30. The Balaban J connectivity index is 1.66. The molecule has 0 fully saturated rings. The first-order valence-electron chi connectivity index (χ1n) is 7.13. The maximum Gasteiger partial charge on any atom is 0.265 e. The van der Waals surface area contributed by atoms with E-state index in [9.17, 15) is 4.79 Å². The quantitative estimate of drug-likeness (QED) is 0.573. The number of rotatable bonds is 4. The van der Waals surface area contributed by atoms with Crippen LogP contribution in [0.1, 0.15) is 9.67 Å². The Labute approximate surface area is 145 Å². The molecule has 0 saturated heterocycles. The molecule has 0 aliphatic heterocycles. The molecule has 0 aliphatic rings. The molecule has 0 unspecified atom stereocenters. The Morgan fingerprint density at radius 1 is 1.00 bits per heavy atom. The SMILES string of the molecule is O=C(Nc1ccccc1-c1nc(-c2cccs2)no1)c1cccs1. The smallest absolute Gasteiger partial charge is 0.265 e. The molecule has 0 saturated carbocycles. The van der Waals surface area contributed by atoms with E-state index in [1.165, 1.54) is 11.3 Å². The van der Waals surface area contributed by atoms with Crippen LogP contribution in [0.5, 0.6) is 0 Å².